The summed E-state index contributed by atoms with van der Waals surface area (Å²) < 4.78 is 58.1. The Labute approximate surface area is 192 Å². The zero-order valence-electron chi connectivity index (χ0n) is 18.1. The lowest BCUT2D eigenvalue weighted by Crippen LogP contribution is -2.37. The third kappa shape index (κ3) is 5.76. The van der Waals surface area contributed by atoms with Crippen molar-refractivity contribution in [3.8, 4) is 0 Å². The van der Waals surface area contributed by atoms with Gasteiger partial charge in [-0.25, -0.2) is 14.8 Å². The van der Waals surface area contributed by atoms with Gasteiger partial charge in [-0.15, -0.1) is 0 Å². The van der Waals surface area contributed by atoms with Gasteiger partial charge in [0.1, 0.15) is 0 Å². The van der Waals surface area contributed by atoms with E-state index >= 15 is 0 Å². The van der Waals surface area contributed by atoms with E-state index in [1.807, 2.05) is 0 Å². The summed E-state index contributed by atoms with van der Waals surface area (Å²) in [5, 5.41) is 7.10. The number of ether oxygens (including phenoxy) is 1. The number of pyridine rings is 1. The molecule has 178 valence electrons. The Bertz CT molecular complexity index is 1160. The normalized spacial score (nSPS) is 14.7. The molecule has 0 unspecified atom stereocenters. The summed E-state index contributed by atoms with van der Waals surface area (Å²) in [5.74, 6) is -0.222. The van der Waals surface area contributed by atoms with Gasteiger partial charge in [-0.05, 0) is 37.3 Å². The van der Waals surface area contributed by atoms with Crippen molar-refractivity contribution in [1.82, 2.24) is 15.0 Å². The predicted octanol–water partition coefficient (Wildman–Crippen LogP) is 4.45. The second-order valence-electron chi connectivity index (χ2n) is 7.41. The summed E-state index contributed by atoms with van der Waals surface area (Å²) in [5.41, 5.74) is 3.80. The van der Waals surface area contributed by atoms with Crippen LogP contribution in [-0.2, 0) is 10.9 Å². The molecule has 3 heterocycles. The Morgan fingerprint density at radius 1 is 1.06 bits per heavy atom. The lowest BCUT2D eigenvalue weighted by atomic mass is 10.2. The Kier molecular flexibility index (Phi) is 6.87. The maximum atomic E-state index is 14.1. The molecule has 3 aromatic rings. The van der Waals surface area contributed by atoms with Crippen LogP contribution in [0.5, 0.6) is 0 Å². The average Bonchev–Trinajstić information content (AvgIpc) is 2.84. The molecule has 0 bridgehead atoms. The summed E-state index contributed by atoms with van der Waals surface area (Å²) >= 11 is 0. The van der Waals surface area contributed by atoms with Gasteiger partial charge in [-0.1, -0.05) is 6.07 Å². The van der Waals surface area contributed by atoms with E-state index in [-0.39, 0.29) is 11.8 Å². The van der Waals surface area contributed by atoms with Crippen LogP contribution >= 0.6 is 0 Å². The molecule has 0 amide bonds. The highest BCUT2D eigenvalue weighted by Crippen LogP contribution is 2.31. The zero-order valence-corrected chi connectivity index (χ0v) is 18.1. The van der Waals surface area contributed by atoms with Gasteiger partial charge in [-0.2, -0.15) is 23.3 Å². The molecule has 8 nitrogen and oxygen atoms in total. The van der Waals surface area contributed by atoms with E-state index in [1.165, 1.54) is 18.3 Å². The Morgan fingerprint density at radius 3 is 2.56 bits per heavy atom. The van der Waals surface area contributed by atoms with Gasteiger partial charge in [0.15, 0.2) is 11.6 Å². The maximum Gasteiger partial charge on any atom is 0.416 e. The fourth-order valence-corrected chi connectivity index (χ4v) is 3.22. The van der Waals surface area contributed by atoms with Gasteiger partial charge in [0.2, 0.25) is 5.95 Å². The van der Waals surface area contributed by atoms with E-state index in [9.17, 15) is 17.6 Å². The van der Waals surface area contributed by atoms with Crippen molar-refractivity contribution in [2.45, 2.75) is 13.1 Å². The van der Waals surface area contributed by atoms with Crippen LogP contribution in [0.25, 0.3) is 0 Å². The molecular weight excluding hydrogens is 454 g/mol. The Morgan fingerprint density at radius 2 is 1.85 bits per heavy atom. The van der Waals surface area contributed by atoms with E-state index in [0.29, 0.717) is 49.1 Å². The first-order valence-corrected chi connectivity index (χ1v) is 10.4. The molecule has 1 aliphatic heterocycles. The van der Waals surface area contributed by atoms with Crippen LogP contribution in [0.3, 0.4) is 0 Å². The fourth-order valence-electron chi connectivity index (χ4n) is 3.22. The lowest BCUT2D eigenvalue weighted by Gasteiger charge is -2.27. The van der Waals surface area contributed by atoms with E-state index in [0.717, 1.165) is 18.3 Å². The predicted molar refractivity (Wildman–Crippen MR) is 120 cm³/mol. The van der Waals surface area contributed by atoms with E-state index in [1.54, 1.807) is 24.0 Å². The first-order chi connectivity index (χ1) is 16.3. The number of rotatable bonds is 6. The minimum Gasteiger partial charge on any atom is -0.378 e. The summed E-state index contributed by atoms with van der Waals surface area (Å²) in [6.07, 6.45) is -1.85. The van der Waals surface area contributed by atoms with Crippen LogP contribution < -0.4 is 15.6 Å². The number of hydrazone groups is 1. The number of hydrogen-bond donors (Lipinski definition) is 2. The molecule has 2 aromatic heterocycles. The van der Waals surface area contributed by atoms with Crippen molar-refractivity contribution in [2.75, 3.05) is 41.9 Å². The highest BCUT2D eigenvalue weighted by atomic mass is 19.4. The van der Waals surface area contributed by atoms with Crippen LogP contribution in [0.4, 0.5) is 40.7 Å². The minimum absolute atomic E-state index is 0.130. The number of alkyl halides is 3. The summed E-state index contributed by atoms with van der Waals surface area (Å²) in [4.78, 5) is 14.2. The Balaban J connectivity index is 1.42. The average molecular weight is 475 g/mol. The molecule has 0 saturated carbocycles. The molecule has 0 atom stereocenters. The van der Waals surface area contributed by atoms with Crippen molar-refractivity contribution in [2.24, 2.45) is 5.10 Å². The lowest BCUT2D eigenvalue weighted by molar-refractivity contribution is -0.137. The molecule has 1 aromatic carbocycles. The number of anilines is 4. The number of benzene rings is 1. The topological polar surface area (TPSA) is 87.6 Å². The summed E-state index contributed by atoms with van der Waals surface area (Å²) in [6.45, 7) is 3.75. The van der Waals surface area contributed by atoms with Gasteiger partial charge >= 0.3 is 6.18 Å². The molecule has 2 N–H and O–H groups in total. The second kappa shape index (κ2) is 10.00. The van der Waals surface area contributed by atoms with Crippen LogP contribution in [0, 0.1) is 5.82 Å². The highest BCUT2D eigenvalue weighted by molar-refractivity contribution is 5.97. The van der Waals surface area contributed by atoms with Gasteiger partial charge in [0, 0.05) is 18.8 Å². The molecule has 34 heavy (non-hydrogen) atoms. The molecular formula is C22H21F4N7O. The summed E-state index contributed by atoms with van der Waals surface area (Å²) in [7, 11) is 0. The molecule has 1 fully saturated rings. The number of nitrogens with zero attached hydrogens (tertiary/aromatic N) is 5. The van der Waals surface area contributed by atoms with Gasteiger partial charge in [0.25, 0.3) is 0 Å². The first kappa shape index (κ1) is 23.4. The van der Waals surface area contributed by atoms with Crippen LogP contribution in [0.2, 0.25) is 0 Å². The highest BCUT2D eigenvalue weighted by Gasteiger charge is 2.30. The number of halogens is 4. The standard InChI is InChI=1S/C22H21F4N7O/c1-14(31-32-21-28-13-18(23)20(30-21)33-7-9-34-10-8-33)19-6-5-17(12-27-19)29-16-4-2-3-15(11-16)22(24,25)26/h2-6,11-13,29H,7-10H2,1H3,(H,28,30,32). The molecule has 1 aliphatic rings. The monoisotopic (exact) mass is 475 g/mol. The van der Waals surface area contributed by atoms with Crippen molar-refractivity contribution >= 4 is 28.9 Å². The van der Waals surface area contributed by atoms with Crippen LogP contribution in [0.15, 0.2) is 53.9 Å². The van der Waals surface area contributed by atoms with Gasteiger partial charge < -0.3 is 15.0 Å². The van der Waals surface area contributed by atoms with E-state index in [2.05, 4.69) is 30.8 Å². The molecule has 12 heteroatoms. The number of aromatic nitrogens is 3. The third-order valence-electron chi connectivity index (χ3n) is 4.97. The SMILES string of the molecule is CC(=NNc1ncc(F)c(N2CCOCC2)n1)c1ccc(Nc2cccc(C(F)(F)F)c2)cn1. The maximum absolute atomic E-state index is 14.1. The summed E-state index contributed by atoms with van der Waals surface area (Å²) in [6, 6.07) is 8.24. The van der Waals surface area contributed by atoms with Crippen molar-refractivity contribution in [1.29, 1.82) is 0 Å². The second-order valence-corrected chi connectivity index (χ2v) is 7.41. The zero-order chi connectivity index (χ0) is 24.1. The van der Waals surface area contributed by atoms with Crippen molar-refractivity contribution in [3.05, 3.63) is 65.9 Å². The smallest absolute Gasteiger partial charge is 0.378 e. The molecule has 1 saturated heterocycles. The largest absolute Gasteiger partial charge is 0.416 e. The number of hydrogen-bond acceptors (Lipinski definition) is 8. The van der Waals surface area contributed by atoms with Gasteiger partial charge in [0.05, 0.1) is 48.3 Å². The van der Waals surface area contributed by atoms with Crippen LogP contribution in [-0.4, -0.2) is 47.0 Å². The fraction of sp³-hybridized carbons (Fsp3) is 0.273. The van der Waals surface area contributed by atoms with E-state index < -0.39 is 17.6 Å². The third-order valence-corrected chi connectivity index (χ3v) is 4.97. The Hall–Kier alpha value is -3.80. The minimum atomic E-state index is -4.42. The van der Waals surface area contributed by atoms with Gasteiger partial charge in [-0.3, -0.25) is 4.98 Å². The first-order valence-electron chi connectivity index (χ1n) is 10.4. The van der Waals surface area contributed by atoms with Crippen molar-refractivity contribution < 1.29 is 22.3 Å². The number of morpholine rings is 1. The van der Waals surface area contributed by atoms with Crippen molar-refractivity contribution in [3.63, 3.8) is 0 Å². The van der Waals surface area contributed by atoms with E-state index in [4.69, 9.17) is 4.74 Å². The van der Waals surface area contributed by atoms with Crippen LogP contribution in [0.1, 0.15) is 18.2 Å². The molecule has 0 aliphatic carbocycles. The number of nitrogens with one attached hydrogen (secondary N) is 2. The quantitative estimate of drug-likeness (QED) is 0.310. The molecule has 4 rings (SSSR count). The molecule has 0 spiro atoms. The molecule has 0 radical (unpaired) electrons.